The molecule has 0 bridgehead atoms. The quantitative estimate of drug-likeness (QED) is 0.263. The van der Waals surface area contributed by atoms with Crippen LogP contribution in [-0.4, -0.2) is 10.9 Å². The number of ether oxygens (including phenoxy) is 1. The fourth-order valence-electron chi connectivity index (χ4n) is 3.47. The third kappa shape index (κ3) is 5.54. The second kappa shape index (κ2) is 9.18. The van der Waals surface area contributed by atoms with E-state index in [1.54, 1.807) is 18.2 Å². The Morgan fingerprint density at radius 1 is 1.06 bits per heavy atom. The second-order valence-electron chi connectivity index (χ2n) is 8.21. The van der Waals surface area contributed by atoms with Crippen LogP contribution in [0.4, 0.5) is 28.4 Å². The van der Waals surface area contributed by atoms with E-state index in [4.69, 9.17) is 4.74 Å². The number of halogens is 4. The first kappa shape index (κ1) is 23.1. The van der Waals surface area contributed by atoms with Crippen molar-refractivity contribution in [2.45, 2.75) is 25.6 Å². The molecule has 1 aliphatic carbocycles. The molecule has 0 radical (unpaired) electrons. The highest BCUT2D eigenvalue weighted by molar-refractivity contribution is 7.22. The molecule has 1 aliphatic rings. The Hall–Kier alpha value is -3.66. The molecule has 1 fully saturated rings. The van der Waals surface area contributed by atoms with Crippen LogP contribution in [0, 0.1) is 11.7 Å². The molecule has 1 amide bonds. The predicted octanol–water partition coefficient (Wildman–Crippen LogP) is 7.21. The number of amides is 1. The van der Waals surface area contributed by atoms with E-state index < -0.39 is 17.6 Å². The average molecular weight is 502 g/mol. The van der Waals surface area contributed by atoms with Crippen LogP contribution in [0.25, 0.3) is 10.2 Å². The van der Waals surface area contributed by atoms with E-state index in [2.05, 4.69) is 15.6 Å². The molecule has 35 heavy (non-hydrogen) atoms. The van der Waals surface area contributed by atoms with Gasteiger partial charge in [-0.05, 0) is 54.8 Å². The number of anilines is 2. The lowest BCUT2D eigenvalue weighted by atomic mass is 10.1. The predicted molar refractivity (Wildman–Crippen MR) is 126 cm³/mol. The standard InChI is InChI=1S/C25H19F4N3O2S/c26-19-8-6-17(11-21(19)30-13-14-2-1-3-16(10-14)25(27,28)29)34-18-7-9-20-22(12-18)35-24(31-20)32-23(33)15-4-5-15/h1-3,6-12,15,30H,4-5,13H2,(H,31,32,33). The smallest absolute Gasteiger partial charge is 0.416 e. The van der Waals surface area contributed by atoms with E-state index in [1.807, 2.05) is 0 Å². The highest BCUT2D eigenvalue weighted by Gasteiger charge is 2.31. The van der Waals surface area contributed by atoms with Crippen LogP contribution in [0.15, 0.2) is 60.7 Å². The molecule has 0 spiro atoms. The van der Waals surface area contributed by atoms with E-state index >= 15 is 0 Å². The topological polar surface area (TPSA) is 63.2 Å². The zero-order valence-electron chi connectivity index (χ0n) is 18.2. The number of nitrogens with one attached hydrogen (secondary N) is 2. The van der Waals surface area contributed by atoms with Gasteiger partial charge in [0, 0.05) is 24.6 Å². The first-order valence-electron chi connectivity index (χ1n) is 10.8. The lowest BCUT2D eigenvalue weighted by Crippen LogP contribution is -2.12. The van der Waals surface area contributed by atoms with Crippen LogP contribution >= 0.6 is 11.3 Å². The highest BCUT2D eigenvalue weighted by atomic mass is 32.1. The number of aromatic nitrogens is 1. The number of fused-ring (bicyclic) bond motifs is 1. The molecule has 0 unspecified atom stereocenters. The lowest BCUT2D eigenvalue weighted by molar-refractivity contribution is -0.137. The van der Waals surface area contributed by atoms with Crippen molar-refractivity contribution in [2.75, 3.05) is 10.6 Å². The summed E-state index contributed by atoms with van der Waals surface area (Å²) in [5.41, 5.74) is 0.425. The van der Waals surface area contributed by atoms with Gasteiger partial charge < -0.3 is 15.4 Å². The van der Waals surface area contributed by atoms with Gasteiger partial charge in [0.2, 0.25) is 5.91 Å². The molecular formula is C25H19F4N3O2S. The van der Waals surface area contributed by atoms with E-state index in [0.717, 1.165) is 35.2 Å². The van der Waals surface area contributed by atoms with Crippen molar-refractivity contribution in [3.63, 3.8) is 0 Å². The van der Waals surface area contributed by atoms with Gasteiger partial charge in [0.1, 0.15) is 17.3 Å². The minimum absolute atomic E-state index is 0.00642. The molecule has 2 N–H and O–H groups in total. The molecule has 3 aromatic carbocycles. The zero-order valence-corrected chi connectivity index (χ0v) is 19.0. The van der Waals surface area contributed by atoms with Crippen molar-refractivity contribution in [1.82, 2.24) is 4.98 Å². The molecule has 0 saturated heterocycles. The SMILES string of the molecule is O=C(Nc1nc2ccc(Oc3ccc(F)c(NCc4cccc(C(F)(F)F)c4)c3)cc2s1)C1CC1. The molecular weight excluding hydrogens is 482 g/mol. The van der Waals surface area contributed by atoms with Gasteiger partial charge in [-0.3, -0.25) is 4.79 Å². The van der Waals surface area contributed by atoms with Crippen LogP contribution in [0.3, 0.4) is 0 Å². The van der Waals surface area contributed by atoms with Gasteiger partial charge in [0.25, 0.3) is 0 Å². The van der Waals surface area contributed by atoms with Crippen LogP contribution in [0.1, 0.15) is 24.0 Å². The number of hydrogen-bond acceptors (Lipinski definition) is 5. The van der Waals surface area contributed by atoms with E-state index in [-0.39, 0.29) is 24.1 Å². The summed E-state index contributed by atoms with van der Waals surface area (Å²) in [6.07, 6.45) is -2.63. The Bertz CT molecular complexity index is 1400. The summed E-state index contributed by atoms with van der Waals surface area (Å²) in [4.78, 5) is 16.4. The Labute approximate surface area is 201 Å². The van der Waals surface area contributed by atoms with Crippen LogP contribution < -0.4 is 15.4 Å². The third-order valence-electron chi connectivity index (χ3n) is 5.45. The minimum Gasteiger partial charge on any atom is -0.457 e. The van der Waals surface area contributed by atoms with Crippen molar-refractivity contribution >= 4 is 38.3 Å². The van der Waals surface area contributed by atoms with Crippen LogP contribution in [0.5, 0.6) is 11.5 Å². The second-order valence-corrected chi connectivity index (χ2v) is 9.24. The van der Waals surface area contributed by atoms with Gasteiger partial charge in [0.15, 0.2) is 5.13 Å². The molecule has 1 heterocycles. The monoisotopic (exact) mass is 501 g/mol. The fraction of sp³-hybridized carbons (Fsp3) is 0.200. The molecule has 5 nitrogen and oxygen atoms in total. The Morgan fingerprint density at radius 3 is 2.60 bits per heavy atom. The highest BCUT2D eigenvalue weighted by Crippen LogP contribution is 2.35. The Morgan fingerprint density at radius 2 is 1.83 bits per heavy atom. The number of rotatable bonds is 7. The summed E-state index contributed by atoms with van der Waals surface area (Å²) in [6.45, 7) is 0.00642. The number of thiazole rings is 1. The Kier molecular flexibility index (Phi) is 6.06. The van der Waals surface area contributed by atoms with Gasteiger partial charge in [-0.2, -0.15) is 13.2 Å². The van der Waals surface area contributed by atoms with Crippen molar-refractivity contribution in [1.29, 1.82) is 0 Å². The van der Waals surface area contributed by atoms with Gasteiger partial charge >= 0.3 is 6.18 Å². The van der Waals surface area contributed by atoms with Crippen molar-refractivity contribution in [3.8, 4) is 11.5 Å². The number of hydrogen-bond donors (Lipinski definition) is 2. The molecule has 0 aliphatic heterocycles. The Balaban J connectivity index is 1.28. The number of alkyl halides is 3. The number of carbonyl (C=O) groups excluding carboxylic acids is 1. The molecule has 4 aromatic rings. The van der Waals surface area contributed by atoms with Gasteiger partial charge in [0.05, 0.1) is 21.5 Å². The fourth-order valence-corrected chi connectivity index (χ4v) is 4.37. The summed E-state index contributed by atoms with van der Waals surface area (Å²) >= 11 is 1.33. The summed E-state index contributed by atoms with van der Waals surface area (Å²) in [5, 5.41) is 6.18. The van der Waals surface area contributed by atoms with Crippen LogP contribution in [0.2, 0.25) is 0 Å². The maximum atomic E-state index is 14.3. The van der Waals surface area contributed by atoms with Gasteiger partial charge in [-0.25, -0.2) is 9.37 Å². The van der Waals surface area contributed by atoms with E-state index in [1.165, 1.54) is 41.7 Å². The molecule has 180 valence electrons. The lowest BCUT2D eigenvalue weighted by Gasteiger charge is -2.12. The zero-order chi connectivity index (χ0) is 24.6. The van der Waals surface area contributed by atoms with Crippen molar-refractivity contribution in [2.24, 2.45) is 5.92 Å². The third-order valence-corrected chi connectivity index (χ3v) is 6.38. The average Bonchev–Trinajstić information content (AvgIpc) is 3.60. The number of nitrogens with zero attached hydrogens (tertiary/aromatic N) is 1. The van der Waals surface area contributed by atoms with Gasteiger partial charge in [-0.1, -0.05) is 23.5 Å². The molecule has 5 rings (SSSR count). The normalized spacial score (nSPS) is 13.6. The number of benzene rings is 3. The van der Waals surface area contributed by atoms with E-state index in [9.17, 15) is 22.4 Å². The van der Waals surface area contributed by atoms with Gasteiger partial charge in [-0.15, -0.1) is 0 Å². The maximum absolute atomic E-state index is 14.3. The van der Waals surface area contributed by atoms with Crippen LogP contribution in [-0.2, 0) is 17.5 Å². The summed E-state index contributed by atoms with van der Waals surface area (Å²) in [6, 6.07) is 14.3. The molecule has 1 aromatic heterocycles. The molecule has 10 heteroatoms. The van der Waals surface area contributed by atoms with Crippen molar-refractivity contribution < 1.29 is 27.1 Å². The number of carbonyl (C=O) groups is 1. The summed E-state index contributed by atoms with van der Waals surface area (Å²) in [7, 11) is 0. The molecule has 0 atom stereocenters. The minimum atomic E-state index is -4.45. The van der Waals surface area contributed by atoms with E-state index in [0.29, 0.717) is 22.2 Å². The summed E-state index contributed by atoms with van der Waals surface area (Å²) in [5.74, 6) is 0.353. The molecule has 1 saturated carbocycles. The maximum Gasteiger partial charge on any atom is 0.416 e. The summed E-state index contributed by atoms with van der Waals surface area (Å²) < 4.78 is 59.8. The largest absolute Gasteiger partial charge is 0.457 e. The first-order chi connectivity index (χ1) is 16.7. The first-order valence-corrected chi connectivity index (χ1v) is 11.6. The van der Waals surface area contributed by atoms with Crippen molar-refractivity contribution in [3.05, 3.63) is 77.6 Å².